The molecule has 98 valence electrons. The summed E-state index contributed by atoms with van der Waals surface area (Å²) in [5.74, 6) is 3.71. The van der Waals surface area contributed by atoms with Crippen molar-refractivity contribution < 1.29 is 0 Å². The second-order valence-electron chi connectivity index (χ2n) is 6.38. The van der Waals surface area contributed by atoms with Crippen LogP contribution in [0.1, 0.15) is 37.7 Å². The van der Waals surface area contributed by atoms with Crippen LogP contribution in [0, 0.1) is 35.0 Å². The van der Waals surface area contributed by atoms with E-state index in [1.54, 1.807) is 12.3 Å². The van der Waals surface area contributed by atoms with Crippen LogP contribution in [0.5, 0.6) is 0 Å². The van der Waals surface area contributed by atoms with Crippen LogP contribution in [-0.2, 0) is 0 Å². The Balaban J connectivity index is 1.59. The second kappa shape index (κ2) is 4.49. The summed E-state index contributed by atoms with van der Waals surface area (Å²) >= 11 is 1.83. The third-order valence-electron chi connectivity index (χ3n) is 5.20. The van der Waals surface area contributed by atoms with Crippen molar-refractivity contribution >= 4 is 11.8 Å². The number of hydrogen-bond acceptors (Lipinski definition) is 4. The molecule has 0 spiro atoms. The second-order valence-corrected chi connectivity index (χ2v) is 7.54. The highest BCUT2D eigenvalue weighted by Gasteiger charge is 2.48. The summed E-state index contributed by atoms with van der Waals surface area (Å²) in [6.45, 7) is 0. The van der Waals surface area contributed by atoms with Gasteiger partial charge >= 0.3 is 0 Å². The number of aromatic nitrogens is 2. The van der Waals surface area contributed by atoms with Gasteiger partial charge in [-0.15, -0.1) is 5.10 Å². The Morgan fingerprint density at radius 2 is 1.79 bits per heavy atom. The van der Waals surface area contributed by atoms with Crippen LogP contribution in [0.2, 0.25) is 0 Å². The molecule has 0 aromatic carbocycles. The van der Waals surface area contributed by atoms with Crippen LogP contribution in [-0.4, -0.2) is 15.4 Å². The van der Waals surface area contributed by atoms with E-state index < -0.39 is 0 Å². The molecule has 5 rings (SSSR count). The Morgan fingerprint density at radius 1 is 1.11 bits per heavy atom. The van der Waals surface area contributed by atoms with E-state index in [2.05, 4.69) is 16.3 Å². The molecule has 4 bridgehead atoms. The molecule has 4 saturated carbocycles. The van der Waals surface area contributed by atoms with Gasteiger partial charge in [-0.05, 0) is 61.8 Å². The molecule has 4 aliphatic carbocycles. The molecule has 0 unspecified atom stereocenters. The smallest absolute Gasteiger partial charge is 0.137 e. The number of hydrogen-bond donors (Lipinski definition) is 0. The summed E-state index contributed by atoms with van der Waals surface area (Å²) in [6.07, 6.45) is 8.73. The molecule has 0 saturated heterocycles. The summed E-state index contributed by atoms with van der Waals surface area (Å²) in [7, 11) is 0. The molecule has 0 aliphatic heterocycles. The standard InChI is InChI=1S/C15H17N3S/c16-8-11-1-2-17-18-15(11)19-14-12-4-9-3-10(6-12)7-13(14)5-9/h1-2,9-10,12-14H,3-7H2. The number of thioether (sulfide) groups is 1. The van der Waals surface area contributed by atoms with Gasteiger partial charge in [-0.25, -0.2) is 0 Å². The molecular formula is C15H17N3S. The van der Waals surface area contributed by atoms with Crippen molar-refractivity contribution in [2.45, 2.75) is 42.4 Å². The third-order valence-corrected chi connectivity index (χ3v) is 6.76. The first-order valence-electron chi connectivity index (χ1n) is 7.22. The molecule has 3 nitrogen and oxygen atoms in total. The van der Waals surface area contributed by atoms with E-state index in [-0.39, 0.29) is 0 Å². The summed E-state index contributed by atoms with van der Waals surface area (Å²) in [6, 6.07) is 4.03. The zero-order valence-corrected chi connectivity index (χ0v) is 11.6. The maximum atomic E-state index is 9.17. The average Bonchev–Trinajstić information content (AvgIpc) is 2.42. The Kier molecular flexibility index (Phi) is 2.77. The topological polar surface area (TPSA) is 49.6 Å². The van der Waals surface area contributed by atoms with Crippen molar-refractivity contribution in [2.24, 2.45) is 23.7 Å². The Morgan fingerprint density at radius 3 is 2.42 bits per heavy atom. The Bertz CT molecular complexity index is 508. The van der Waals surface area contributed by atoms with Crippen molar-refractivity contribution in [3.8, 4) is 6.07 Å². The van der Waals surface area contributed by atoms with E-state index >= 15 is 0 Å². The van der Waals surface area contributed by atoms with E-state index in [4.69, 9.17) is 5.26 Å². The van der Waals surface area contributed by atoms with Crippen molar-refractivity contribution in [3.05, 3.63) is 17.8 Å². The molecule has 4 fully saturated rings. The lowest BCUT2D eigenvalue weighted by molar-refractivity contribution is 0.0267. The summed E-state index contributed by atoms with van der Waals surface area (Å²) < 4.78 is 0. The molecular weight excluding hydrogens is 254 g/mol. The van der Waals surface area contributed by atoms with Gasteiger partial charge in [0, 0.05) is 5.25 Å². The summed E-state index contributed by atoms with van der Waals surface area (Å²) in [4.78, 5) is 0. The van der Waals surface area contributed by atoms with Crippen LogP contribution >= 0.6 is 11.8 Å². The van der Waals surface area contributed by atoms with Gasteiger partial charge in [-0.3, -0.25) is 0 Å². The van der Waals surface area contributed by atoms with Crippen molar-refractivity contribution in [3.63, 3.8) is 0 Å². The maximum Gasteiger partial charge on any atom is 0.137 e. The predicted molar refractivity (Wildman–Crippen MR) is 73.4 cm³/mol. The van der Waals surface area contributed by atoms with Crippen molar-refractivity contribution in [2.75, 3.05) is 0 Å². The molecule has 4 aliphatic rings. The molecule has 1 heterocycles. The van der Waals surface area contributed by atoms with Gasteiger partial charge in [0.2, 0.25) is 0 Å². The zero-order chi connectivity index (χ0) is 12.8. The number of nitriles is 1. The van der Waals surface area contributed by atoms with E-state index in [0.717, 1.165) is 28.7 Å². The quantitative estimate of drug-likeness (QED) is 0.828. The van der Waals surface area contributed by atoms with E-state index in [9.17, 15) is 0 Å². The van der Waals surface area contributed by atoms with E-state index in [0.29, 0.717) is 10.8 Å². The molecule has 1 aromatic rings. The van der Waals surface area contributed by atoms with E-state index in [1.165, 1.54) is 32.1 Å². The molecule has 0 amide bonds. The van der Waals surface area contributed by atoms with Crippen LogP contribution in [0.15, 0.2) is 17.3 Å². The van der Waals surface area contributed by atoms with Crippen LogP contribution in [0.25, 0.3) is 0 Å². The van der Waals surface area contributed by atoms with Crippen molar-refractivity contribution in [1.82, 2.24) is 10.2 Å². The zero-order valence-electron chi connectivity index (χ0n) is 10.8. The molecule has 0 atom stereocenters. The van der Waals surface area contributed by atoms with Gasteiger partial charge in [0.1, 0.15) is 11.1 Å². The lowest BCUT2D eigenvalue weighted by Gasteiger charge is -2.54. The van der Waals surface area contributed by atoms with E-state index in [1.807, 2.05) is 11.8 Å². The minimum Gasteiger partial charge on any atom is -0.192 e. The van der Waals surface area contributed by atoms with Crippen LogP contribution < -0.4 is 0 Å². The maximum absolute atomic E-state index is 9.17. The Hall–Kier alpha value is -1.08. The first kappa shape index (κ1) is 11.7. The minimum absolute atomic E-state index is 0.677. The lowest BCUT2D eigenvalue weighted by Crippen LogP contribution is -2.46. The van der Waals surface area contributed by atoms with Gasteiger partial charge in [0.15, 0.2) is 0 Å². The average molecular weight is 271 g/mol. The first-order valence-corrected chi connectivity index (χ1v) is 8.10. The largest absolute Gasteiger partial charge is 0.192 e. The Labute approximate surface area is 117 Å². The third kappa shape index (κ3) is 1.95. The molecule has 4 heteroatoms. The van der Waals surface area contributed by atoms with Crippen LogP contribution in [0.4, 0.5) is 0 Å². The van der Waals surface area contributed by atoms with Gasteiger partial charge < -0.3 is 0 Å². The van der Waals surface area contributed by atoms with Gasteiger partial charge in [-0.2, -0.15) is 10.4 Å². The van der Waals surface area contributed by atoms with Gasteiger partial charge in [0.05, 0.1) is 11.8 Å². The van der Waals surface area contributed by atoms with Crippen molar-refractivity contribution in [1.29, 1.82) is 5.26 Å². The van der Waals surface area contributed by atoms with Crippen LogP contribution in [0.3, 0.4) is 0 Å². The number of rotatable bonds is 2. The fourth-order valence-electron chi connectivity index (χ4n) is 4.69. The van der Waals surface area contributed by atoms with Gasteiger partial charge in [-0.1, -0.05) is 11.8 Å². The summed E-state index contributed by atoms with van der Waals surface area (Å²) in [5.41, 5.74) is 0.689. The van der Waals surface area contributed by atoms with Gasteiger partial charge in [0.25, 0.3) is 0 Å². The first-order chi connectivity index (χ1) is 9.33. The molecule has 19 heavy (non-hydrogen) atoms. The molecule has 0 N–H and O–H groups in total. The monoisotopic (exact) mass is 271 g/mol. The minimum atomic E-state index is 0.677. The number of nitrogens with zero attached hydrogens (tertiary/aromatic N) is 3. The summed E-state index contributed by atoms with van der Waals surface area (Å²) in [5, 5.41) is 18.8. The SMILES string of the molecule is N#Cc1ccnnc1SC1C2CC3CC(C2)CC1C3. The lowest BCUT2D eigenvalue weighted by atomic mass is 9.56. The highest BCUT2D eigenvalue weighted by atomic mass is 32.2. The molecule has 0 radical (unpaired) electrons. The highest BCUT2D eigenvalue weighted by molar-refractivity contribution is 8.00. The fraction of sp³-hybridized carbons (Fsp3) is 0.667. The highest BCUT2D eigenvalue weighted by Crippen LogP contribution is 2.57. The normalized spacial score (nSPS) is 39.2. The molecule has 1 aromatic heterocycles. The predicted octanol–water partition coefficient (Wildman–Crippen LogP) is 3.27. The fourth-order valence-corrected chi connectivity index (χ4v) is 6.11.